The first-order valence-corrected chi connectivity index (χ1v) is 10.1. The standard InChI is InChI=1S/C24H25N3O3/c1-14-10-11-20(25-13-14)27-24(29)21-15(2)26-18-8-5-9-19(28)23(18)22(21)16-6-4-7-17(12-16)30-3/h4,6-7,10-13,22,26H,5,8-9H2,1-3H3,(H,25,27,29)/t22-/m0/s1. The van der Waals surface area contributed by atoms with E-state index in [9.17, 15) is 9.59 Å². The molecule has 0 unspecified atom stereocenters. The number of anilines is 1. The molecule has 2 aromatic rings. The van der Waals surface area contributed by atoms with Crippen molar-refractivity contribution in [3.63, 3.8) is 0 Å². The van der Waals surface area contributed by atoms with Crippen LogP contribution in [0.1, 0.15) is 43.2 Å². The topological polar surface area (TPSA) is 80.3 Å². The number of allylic oxidation sites excluding steroid dienone is 3. The van der Waals surface area contributed by atoms with E-state index < -0.39 is 5.92 Å². The normalized spacial score (nSPS) is 18.6. The van der Waals surface area contributed by atoms with Gasteiger partial charge in [-0.15, -0.1) is 0 Å². The molecule has 4 rings (SSSR count). The SMILES string of the molecule is COc1cccc([C@H]2C(C(=O)Nc3ccc(C)cn3)=C(C)NC3=C2C(=O)CCC3)c1. The van der Waals surface area contributed by atoms with Crippen LogP contribution in [-0.2, 0) is 9.59 Å². The molecule has 1 amide bonds. The van der Waals surface area contributed by atoms with E-state index >= 15 is 0 Å². The third-order valence-corrected chi connectivity index (χ3v) is 5.60. The van der Waals surface area contributed by atoms with Crippen molar-refractivity contribution in [2.75, 3.05) is 12.4 Å². The Morgan fingerprint density at radius 2 is 2.03 bits per heavy atom. The first-order valence-electron chi connectivity index (χ1n) is 10.1. The van der Waals surface area contributed by atoms with Gasteiger partial charge in [0.1, 0.15) is 11.6 Å². The monoisotopic (exact) mass is 403 g/mol. The van der Waals surface area contributed by atoms with Crippen LogP contribution in [-0.4, -0.2) is 23.8 Å². The Balaban J connectivity index is 1.79. The third-order valence-electron chi connectivity index (χ3n) is 5.60. The number of nitrogens with one attached hydrogen (secondary N) is 2. The number of hydrogen-bond acceptors (Lipinski definition) is 5. The van der Waals surface area contributed by atoms with Gasteiger partial charge in [-0.1, -0.05) is 18.2 Å². The lowest BCUT2D eigenvalue weighted by Gasteiger charge is -2.34. The van der Waals surface area contributed by atoms with Crippen LogP contribution in [0, 0.1) is 6.92 Å². The molecule has 1 atom stereocenters. The lowest BCUT2D eigenvalue weighted by Crippen LogP contribution is -2.35. The van der Waals surface area contributed by atoms with E-state index in [1.54, 1.807) is 19.4 Å². The molecule has 0 saturated carbocycles. The fourth-order valence-corrected chi connectivity index (χ4v) is 4.16. The van der Waals surface area contributed by atoms with Gasteiger partial charge >= 0.3 is 0 Å². The summed E-state index contributed by atoms with van der Waals surface area (Å²) in [5, 5.41) is 6.22. The van der Waals surface area contributed by atoms with Gasteiger partial charge in [0.15, 0.2) is 5.78 Å². The smallest absolute Gasteiger partial charge is 0.255 e. The van der Waals surface area contributed by atoms with Crippen molar-refractivity contribution in [3.8, 4) is 5.75 Å². The second-order valence-corrected chi connectivity index (χ2v) is 7.72. The second kappa shape index (κ2) is 8.14. The van der Waals surface area contributed by atoms with Crippen LogP contribution in [0.15, 0.2) is 65.1 Å². The predicted octanol–water partition coefficient (Wildman–Crippen LogP) is 4.01. The van der Waals surface area contributed by atoms with Gasteiger partial charge in [-0.25, -0.2) is 4.98 Å². The number of aromatic nitrogens is 1. The fourth-order valence-electron chi connectivity index (χ4n) is 4.16. The van der Waals surface area contributed by atoms with Crippen molar-refractivity contribution in [1.82, 2.24) is 10.3 Å². The van der Waals surface area contributed by atoms with E-state index in [0.29, 0.717) is 29.1 Å². The largest absolute Gasteiger partial charge is 0.497 e. The van der Waals surface area contributed by atoms with E-state index in [0.717, 1.165) is 35.4 Å². The molecule has 2 aliphatic rings. The molecule has 154 valence electrons. The fraction of sp³-hybridized carbons (Fsp3) is 0.292. The van der Waals surface area contributed by atoms with Crippen molar-refractivity contribution in [2.45, 2.75) is 39.0 Å². The number of methoxy groups -OCH3 is 1. The van der Waals surface area contributed by atoms with Crippen LogP contribution in [0.5, 0.6) is 5.75 Å². The molecule has 1 aromatic carbocycles. The number of pyridine rings is 1. The second-order valence-electron chi connectivity index (χ2n) is 7.72. The molecule has 1 aromatic heterocycles. The summed E-state index contributed by atoms with van der Waals surface area (Å²) in [6.45, 7) is 3.82. The minimum Gasteiger partial charge on any atom is -0.497 e. The highest BCUT2D eigenvalue weighted by Crippen LogP contribution is 2.43. The van der Waals surface area contributed by atoms with E-state index in [1.165, 1.54) is 0 Å². The van der Waals surface area contributed by atoms with Crippen molar-refractivity contribution in [1.29, 1.82) is 0 Å². The molecule has 0 spiro atoms. The zero-order valence-electron chi connectivity index (χ0n) is 17.4. The van der Waals surface area contributed by atoms with Crippen LogP contribution < -0.4 is 15.4 Å². The Hall–Kier alpha value is -3.41. The lowest BCUT2D eigenvalue weighted by atomic mass is 9.75. The predicted molar refractivity (Wildman–Crippen MR) is 115 cm³/mol. The highest BCUT2D eigenvalue weighted by atomic mass is 16.5. The van der Waals surface area contributed by atoms with Gasteiger partial charge in [0, 0.05) is 41.1 Å². The van der Waals surface area contributed by atoms with Crippen LogP contribution in [0.25, 0.3) is 0 Å². The van der Waals surface area contributed by atoms with Gasteiger partial charge in [0.25, 0.3) is 5.91 Å². The summed E-state index contributed by atoms with van der Waals surface area (Å²) < 4.78 is 5.39. The molecule has 0 radical (unpaired) electrons. The minimum absolute atomic E-state index is 0.0860. The summed E-state index contributed by atoms with van der Waals surface area (Å²) >= 11 is 0. The Morgan fingerprint density at radius 1 is 1.20 bits per heavy atom. The molecule has 1 aliphatic carbocycles. The lowest BCUT2D eigenvalue weighted by molar-refractivity contribution is -0.116. The summed E-state index contributed by atoms with van der Waals surface area (Å²) in [4.78, 5) is 30.6. The molecule has 30 heavy (non-hydrogen) atoms. The van der Waals surface area contributed by atoms with Crippen LogP contribution >= 0.6 is 0 Å². The first-order chi connectivity index (χ1) is 14.5. The van der Waals surface area contributed by atoms with Gasteiger partial charge in [0.05, 0.1) is 7.11 Å². The summed E-state index contributed by atoms with van der Waals surface area (Å²) in [7, 11) is 1.61. The number of amides is 1. The maximum Gasteiger partial charge on any atom is 0.255 e. The van der Waals surface area contributed by atoms with Gasteiger partial charge < -0.3 is 15.4 Å². The molecular weight excluding hydrogens is 378 g/mol. The van der Waals surface area contributed by atoms with Gasteiger partial charge in [-0.05, 0) is 56.0 Å². The number of carbonyl (C=O) groups is 2. The van der Waals surface area contributed by atoms with Gasteiger partial charge in [-0.3, -0.25) is 9.59 Å². The molecule has 0 bridgehead atoms. The third kappa shape index (κ3) is 3.73. The van der Waals surface area contributed by atoms with Gasteiger partial charge in [-0.2, -0.15) is 0 Å². The van der Waals surface area contributed by atoms with Crippen LogP contribution in [0.3, 0.4) is 0 Å². The van der Waals surface area contributed by atoms with E-state index in [2.05, 4.69) is 15.6 Å². The number of Topliss-reactive ketones (excluding diaryl/α,β-unsaturated/α-hetero) is 1. The van der Waals surface area contributed by atoms with Gasteiger partial charge in [0.2, 0.25) is 0 Å². The Labute approximate surface area is 176 Å². The Kier molecular flexibility index (Phi) is 5.40. The number of ketones is 1. The summed E-state index contributed by atoms with van der Waals surface area (Å²) in [5.74, 6) is 0.533. The van der Waals surface area contributed by atoms with Crippen LogP contribution in [0.4, 0.5) is 5.82 Å². The van der Waals surface area contributed by atoms with Crippen molar-refractivity contribution in [3.05, 3.63) is 76.3 Å². The molecule has 6 heteroatoms. The zero-order chi connectivity index (χ0) is 21.3. The molecule has 2 heterocycles. The number of nitrogens with zero attached hydrogens (tertiary/aromatic N) is 1. The average molecular weight is 403 g/mol. The first kappa shape index (κ1) is 19.9. The maximum absolute atomic E-state index is 13.4. The Morgan fingerprint density at radius 3 is 2.77 bits per heavy atom. The van der Waals surface area contributed by atoms with Crippen molar-refractivity contribution < 1.29 is 14.3 Å². The number of carbonyl (C=O) groups excluding carboxylic acids is 2. The molecule has 6 nitrogen and oxygen atoms in total. The number of benzene rings is 1. The summed E-state index contributed by atoms with van der Waals surface area (Å²) in [6.07, 6.45) is 3.82. The molecule has 2 N–H and O–H groups in total. The number of aryl methyl sites for hydroxylation is 1. The molecule has 0 saturated heterocycles. The number of dihydropyridines is 1. The molecular formula is C24H25N3O3. The number of rotatable bonds is 4. The quantitative estimate of drug-likeness (QED) is 0.806. The maximum atomic E-state index is 13.4. The van der Waals surface area contributed by atoms with Crippen LogP contribution in [0.2, 0.25) is 0 Å². The Bertz CT molecular complexity index is 1070. The van der Waals surface area contributed by atoms with E-state index in [4.69, 9.17) is 4.74 Å². The highest BCUT2D eigenvalue weighted by Gasteiger charge is 2.38. The van der Waals surface area contributed by atoms with E-state index in [1.807, 2.05) is 44.2 Å². The van der Waals surface area contributed by atoms with Crippen molar-refractivity contribution in [2.24, 2.45) is 0 Å². The number of hydrogen-bond donors (Lipinski definition) is 2. The molecule has 1 aliphatic heterocycles. The van der Waals surface area contributed by atoms with E-state index in [-0.39, 0.29) is 11.7 Å². The minimum atomic E-state index is -0.449. The molecule has 0 fully saturated rings. The van der Waals surface area contributed by atoms with Crippen molar-refractivity contribution >= 4 is 17.5 Å². The highest BCUT2D eigenvalue weighted by molar-refractivity contribution is 6.09. The zero-order valence-corrected chi connectivity index (χ0v) is 17.4. The summed E-state index contributed by atoms with van der Waals surface area (Å²) in [6, 6.07) is 11.2. The average Bonchev–Trinajstić information content (AvgIpc) is 2.74. The summed E-state index contributed by atoms with van der Waals surface area (Å²) in [5.41, 5.74) is 4.75. The number of ether oxygens (including phenoxy) is 1.